The Balaban J connectivity index is 2.44. The third kappa shape index (κ3) is 2.66. The lowest BCUT2D eigenvalue weighted by Crippen LogP contribution is -2.21. The molecule has 3 rings (SSSR count). The molecule has 0 amide bonds. The normalized spacial score (nSPS) is 15.8. The van der Waals surface area contributed by atoms with Crippen LogP contribution < -0.4 is 4.84 Å². The predicted molar refractivity (Wildman–Crippen MR) is 78.7 cm³/mol. The first-order valence-corrected chi connectivity index (χ1v) is 9.04. The Morgan fingerprint density at radius 3 is 2.09 bits per heavy atom. The zero-order valence-corrected chi connectivity index (χ0v) is 13.2. The van der Waals surface area contributed by atoms with Crippen LogP contribution in [-0.4, -0.2) is 30.4 Å². The van der Waals surface area contributed by atoms with Gasteiger partial charge in [-0.1, -0.05) is 17.3 Å². The highest BCUT2D eigenvalue weighted by atomic mass is 32.2. The summed E-state index contributed by atoms with van der Waals surface area (Å²) in [5.41, 5.74) is 0.475. The summed E-state index contributed by atoms with van der Waals surface area (Å²) in [6, 6.07) is 4.56. The lowest BCUT2D eigenvalue weighted by molar-refractivity contribution is 0.0412. The van der Waals surface area contributed by atoms with Gasteiger partial charge in [-0.05, 0) is 29.1 Å². The van der Waals surface area contributed by atoms with E-state index in [1.54, 1.807) is 0 Å². The molecule has 0 spiro atoms. The summed E-state index contributed by atoms with van der Waals surface area (Å²) in [6.07, 6.45) is 0. The molecule has 1 aliphatic heterocycles. The van der Waals surface area contributed by atoms with E-state index in [-0.39, 0.29) is 17.7 Å². The van der Waals surface area contributed by atoms with Gasteiger partial charge in [-0.25, -0.2) is 0 Å². The SMILES string of the molecule is O=S(=O)(O)c1cc2c3c(cc(S(=O)(=O)O)cc3c1)ON(S)C2. The molecule has 118 valence electrons. The van der Waals surface area contributed by atoms with E-state index in [0.717, 1.165) is 22.7 Å². The second kappa shape index (κ2) is 4.81. The maximum atomic E-state index is 11.3. The van der Waals surface area contributed by atoms with Crippen LogP contribution in [0.25, 0.3) is 10.8 Å². The quantitative estimate of drug-likeness (QED) is 0.539. The number of hydroxylamine groups is 1. The van der Waals surface area contributed by atoms with Crippen LogP contribution in [-0.2, 0) is 26.8 Å². The van der Waals surface area contributed by atoms with Gasteiger partial charge in [-0.3, -0.25) is 9.11 Å². The Morgan fingerprint density at radius 2 is 1.55 bits per heavy atom. The maximum absolute atomic E-state index is 11.3. The number of hydrogen-bond acceptors (Lipinski definition) is 7. The molecule has 11 heteroatoms. The molecule has 0 radical (unpaired) electrons. The number of thiol groups is 1. The average Bonchev–Trinajstić information content (AvgIpc) is 2.35. The molecule has 0 unspecified atom stereocenters. The van der Waals surface area contributed by atoms with E-state index in [1.165, 1.54) is 6.07 Å². The van der Waals surface area contributed by atoms with Crippen molar-refractivity contribution in [3.8, 4) is 5.75 Å². The van der Waals surface area contributed by atoms with Gasteiger partial charge in [-0.15, -0.1) is 0 Å². The van der Waals surface area contributed by atoms with Gasteiger partial charge in [0.25, 0.3) is 20.2 Å². The minimum atomic E-state index is -4.52. The zero-order valence-electron chi connectivity index (χ0n) is 10.7. The minimum Gasteiger partial charge on any atom is -0.395 e. The number of benzene rings is 2. The van der Waals surface area contributed by atoms with Crippen molar-refractivity contribution in [1.82, 2.24) is 4.47 Å². The highest BCUT2D eigenvalue weighted by molar-refractivity contribution is 7.86. The van der Waals surface area contributed by atoms with Crippen molar-refractivity contribution in [3.63, 3.8) is 0 Å². The molecule has 2 N–H and O–H groups in total. The van der Waals surface area contributed by atoms with E-state index < -0.39 is 30.0 Å². The van der Waals surface area contributed by atoms with E-state index in [4.69, 9.17) is 9.39 Å². The van der Waals surface area contributed by atoms with Gasteiger partial charge in [0.1, 0.15) is 0 Å². The number of nitrogens with zero attached hydrogens (tertiary/aromatic N) is 1. The fraction of sp³-hybridized carbons (Fsp3) is 0.0909. The Kier molecular flexibility index (Phi) is 3.39. The molecule has 8 nitrogen and oxygen atoms in total. The average molecular weight is 363 g/mol. The summed E-state index contributed by atoms with van der Waals surface area (Å²) in [4.78, 5) is 4.42. The van der Waals surface area contributed by atoms with E-state index in [1.807, 2.05) is 0 Å². The van der Waals surface area contributed by atoms with Gasteiger partial charge in [0.05, 0.1) is 16.3 Å². The molecule has 22 heavy (non-hydrogen) atoms. The summed E-state index contributed by atoms with van der Waals surface area (Å²) >= 11 is 3.99. The molecular formula is C11H9NO7S3. The number of hydrogen-bond donors (Lipinski definition) is 3. The molecule has 0 bridgehead atoms. The highest BCUT2D eigenvalue weighted by Crippen LogP contribution is 2.38. The van der Waals surface area contributed by atoms with Crippen LogP contribution in [0.15, 0.2) is 34.1 Å². The predicted octanol–water partition coefficient (Wildman–Crippen LogP) is 1.29. The van der Waals surface area contributed by atoms with Crippen LogP contribution >= 0.6 is 12.8 Å². The third-order valence-corrected chi connectivity index (χ3v) is 5.03. The standard InChI is InChI=1S/C11H9NO7S3/c13-21(14,15)8-1-6-2-9(22(16,17)18)4-10-11(6)7(3-8)5-12(20)19-10/h1-4,20H,5H2,(H,13,14,15)(H,16,17,18). The molecule has 2 aromatic carbocycles. The van der Waals surface area contributed by atoms with Crippen LogP contribution in [0.5, 0.6) is 5.75 Å². The van der Waals surface area contributed by atoms with E-state index in [0.29, 0.717) is 10.9 Å². The summed E-state index contributed by atoms with van der Waals surface area (Å²) in [7, 11) is -8.99. The third-order valence-electron chi connectivity index (χ3n) is 3.15. The van der Waals surface area contributed by atoms with Gasteiger partial charge < -0.3 is 4.84 Å². The van der Waals surface area contributed by atoms with Crippen LogP contribution in [0.3, 0.4) is 0 Å². The van der Waals surface area contributed by atoms with Gasteiger partial charge >= 0.3 is 0 Å². The number of rotatable bonds is 2. The Hall–Kier alpha value is -1.37. The van der Waals surface area contributed by atoms with Crippen molar-refractivity contribution in [3.05, 3.63) is 29.8 Å². The van der Waals surface area contributed by atoms with Crippen molar-refractivity contribution in [2.24, 2.45) is 0 Å². The van der Waals surface area contributed by atoms with E-state index >= 15 is 0 Å². The molecule has 0 aromatic heterocycles. The molecule has 0 atom stereocenters. The largest absolute Gasteiger partial charge is 0.395 e. The summed E-state index contributed by atoms with van der Waals surface area (Å²) in [5, 5.41) is 0.668. The van der Waals surface area contributed by atoms with Gasteiger partial charge in [-0.2, -0.15) is 16.8 Å². The molecule has 1 aliphatic rings. The van der Waals surface area contributed by atoms with Crippen molar-refractivity contribution in [1.29, 1.82) is 0 Å². The van der Waals surface area contributed by atoms with Gasteiger partial charge in [0.15, 0.2) is 5.75 Å². The molecule has 0 aliphatic carbocycles. The first-order valence-electron chi connectivity index (χ1n) is 5.76. The monoisotopic (exact) mass is 363 g/mol. The summed E-state index contributed by atoms with van der Waals surface area (Å²) in [6.45, 7) is 0.112. The minimum absolute atomic E-state index is 0.100. The van der Waals surface area contributed by atoms with Crippen LogP contribution in [0, 0.1) is 0 Å². The molecule has 0 saturated carbocycles. The molecule has 0 fully saturated rings. The van der Waals surface area contributed by atoms with Crippen LogP contribution in [0.4, 0.5) is 0 Å². The van der Waals surface area contributed by atoms with Gasteiger partial charge in [0.2, 0.25) is 0 Å². The Labute approximate surface area is 131 Å². The lowest BCUT2D eigenvalue weighted by atomic mass is 10.0. The second-order valence-corrected chi connectivity index (χ2v) is 7.94. The van der Waals surface area contributed by atoms with Crippen molar-refractivity contribution >= 4 is 43.8 Å². The molecule has 0 saturated heterocycles. The van der Waals surface area contributed by atoms with Crippen molar-refractivity contribution in [2.45, 2.75) is 16.3 Å². The zero-order chi connectivity index (χ0) is 16.3. The second-order valence-electron chi connectivity index (χ2n) is 4.65. The topological polar surface area (TPSA) is 121 Å². The van der Waals surface area contributed by atoms with Crippen molar-refractivity contribution in [2.75, 3.05) is 0 Å². The molecular weight excluding hydrogens is 354 g/mol. The molecule has 1 heterocycles. The van der Waals surface area contributed by atoms with E-state index in [9.17, 15) is 21.4 Å². The van der Waals surface area contributed by atoms with E-state index in [2.05, 4.69) is 12.8 Å². The van der Waals surface area contributed by atoms with Crippen LogP contribution in [0.2, 0.25) is 0 Å². The smallest absolute Gasteiger partial charge is 0.294 e. The van der Waals surface area contributed by atoms with Crippen molar-refractivity contribution < 1.29 is 30.8 Å². The fourth-order valence-electron chi connectivity index (χ4n) is 2.29. The van der Waals surface area contributed by atoms with Crippen LogP contribution in [0.1, 0.15) is 5.56 Å². The fourth-order valence-corrected chi connectivity index (χ4v) is 3.63. The summed E-state index contributed by atoms with van der Waals surface area (Å²) in [5.74, 6) is 0.100. The first kappa shape index (κ1) is 15.5. The van der Waals surface area contributed by atoms with Gasteiger partial charge in [0, 0.05) is 11.5 Å². The molecule has 2 aromatic rings. The summed E-state index contributed by atoms with van der Waals surface area (Å²) < 4.78 is 64.7. The highest BCUT2D eigenvalue weighted by Gasteiger charge is 2.24. The maximum Gasteiger partial charge on any atom is 0.294 e. The Morgan fingerprint density at radius 1 is 1.00 bits per heavy atom. The first-order chi connectivity index (χ1) is 10.1. The Bertz CT molecular complexity index is 921. The lowest BCUT2D eigenvalue weighted by Gasteiger charge is -2.25.